The van der Waals surface area contributed by atoms with Gasteiger partial charge in [-0.15, -0.1) is 0 Å². The minimum absolute atomic E-state index is 0.288. The number of aryl methyl sites for hydroxylation is 2. The number of hydrogen-bond acceptors (Lipinski definition) is 5. The Labute approximate surface area is 138 Å². The average Bonchev–Trinajstić information content (AvgIpc) is 2.92. The Morgan fingerprint density at radius 3 is 2.38 bits per heavy atom. The van der Waals surface area contributed by atoms with Crippen molar-refractivity contribution in [2.24, 2.45) is 0 Å². The summed E-state index contributed by atoms with van der Waals surface area (Å²) in [5.41, 5.74) is 1.52. The number of fused-ring (bicyclic) bond motifs is 1. The lowest BCUT2D eigenvalue weighted by Gasteiger charge is -2.11. The van der Waals surface area contributed by atoms with Gasteiger partial charge in [-0.2, -0.15) is 0 Å². The van der Waals surface area contributed by atoms with Crippen molar-refractivity contribution < 1.29 is 18.8 Å². The molecular weight excluding hydrogens is 308 g/mol. The summed E-state index contributed by atoms with van der Waals surface area (Å²) in [6.45, 7) is 3.35. The van der Waals surface area contributed by atoms with Crippen molar-refractivity contribution in [2.75, 3.05) is 12.4 Å². The van der Waals surface area contributed by atoms with Gasteiger partial charge in [-0.05, 0) is 36.8 Å². The monoisotopic (exact) mass is 324 g/mol. The van der Waals surface area contributed by atoms with Crippen LogP contribution in [0.15, 0.2) is 40.9 Å². The Kier molecular flexibility index (Phi) is 4.04. The Bertz CT molecular complexity index is 924. The summed E-state index contributed by atoms with van der Waals surface area (Å²) >= 11 is 0. The number of carbonyl (C=O) groups is 2. The highest BCUT2D eigenvalue weighted by Crippen LogP contribution is 2.26. The van der Waals surface area contributed by atoms with Crippen LogP contribution < -0.4 is 5.32 Å². The maximum atomic E-state index is 12.6. The molecule has 0 bridgehead atoms. The van der Waals surface area contributed by atoms with E-state index in [1.165, 1.54) is 7.11 Å². The van der Waals surface area contributed by atoms with E-state index in [4.69, 9.17) is 9.26 Å². The molecule has 0 aliphatic rings. The second-order valence-corrected chi connectivity index (χ2v) is 5.39. The standard InChI is InChI=1S/C18H16N2O4/c1-10-16(11(2)24-20-10)17(21)19-15-9-13-7-5-4-6-12(13)8-14(15)18(22)23-3/h4-9H,1-3H3,(H,19,21). The fourth-order valence-electron chi connectivity index (χ4n) is 2.61. The van der Waals surface area contributed by atoms with E-state index in [-0.39, 0.29) is 11.5 Å². The molecule has 0 aliphatic heterocycles. The van der Waals surface area contributed by atoms with Gasteiger partial charge in [0.1, 0.15) is 11.3 Å². The molecule has 0 radical (unpaired) electrons. The van der Waals surface area contributed by atoms with Gasteiger partial charge >= 0.3 is 5.97 Å². The normalized spacial score (nSPS) is 10.6. The van der Waals surface area contributed by atoms with Gasteiger partial charge < -0.3 is 14.6 Å². The number of hydrogen-bond donors (Lipinski definition) is 1. The molecule has 0 aliphatic carbocycles. The molecule has 0 atom stereocenters. The second kappa shape index (κ2) is 6.16. The smallest absolute Gasteiger partial charge is 0.339 e. The predicted molar refractivity (Wildman–Crippen MR) is 89.2 cm³/mol. The predicted octanol–water partition coefficient (Wildman–Crippen LogP) is 3.48. The fraction of sp³-hybridized carbons (Fsp3) is 0.167. The molecule has 0 fully saturated rings. The SMILES string of the molecule is COC(=O)c1cc2ccccc2cc1NC(=O)c1c(C)noc1C. The number of rotatable bonds is 3. The molecule has 3 rings (SSSR count). The van der Waals surface area contributed by atoms with Crippen LogP contribution in [0.3, 0.4) is 0 Å². The minimum atomic E-state index is -0.519. The number of nitrogens with zero attached hydrogens (tertiary/aromatic N) is 1. The molecule has 1 N–H and O–H groups in total. The van der Waals surface area contributed by atoms with Crippen molar-refractivity contribution in [3.05, 3.63) is 59.0 Å². The van der Waals surface area contributed by atoms with E-state index >= 15 is 0 Å². The highest BCUT2D eigenvalue weighted by molar-refractivity contribution is 6.11. The Morgan fingerprint density at radius 2 is 1.79 bits per heavy atom. The van der Waals surface area contributed by atoms with E-state index in [2.05, 4.69) is 10.5 Å². The van der Waals surface area contributed by atoms with E-state index < -0.39 is 5.97 Å². The van der Waals surface area contributed by atoms with Gasteiger partial charge in [0.15, 0.2) is 0 Å². The number of methoxy groups -OCH3 is 1. The van der Waals surface area contributed by atoms with E-state index in [1.807, 2.05) is 24.3 Å². The maximum absolute atomic E-state index is 12.6. The number of aromatic nitrogens is 1. The summed E-state index contributed by atoms with van der Waals surface area (Å²) in [7, 11) is 1.30. The summed E-state index contributed by atoms with van der Waals surface area (Å²) in [4.78, 5) is 24.6. The number of carbonyl (C=O) groups excluding carboxylic acids is 2. The lowest BCUT2D eigenvalue weighted by Crippen LogP contribution is -2.16. The number of benzene rings is 2. The molecule has 6 nitrogen and oxygen atoms in total. The van der Waals surface area contributed by atoms with Crippen molar-refractivity contribution in [1.29, 1.82) is 0 Å². The summed E-state index contributed by atoms with van der Waals surface area (Å²) in [5.74, 6) is -0.480. The highest BCUT2D eigenvalue weighted by Gasteiger charge is 2.21. The fourth-order valence-corrected chi connectivity index (χ4v) is 2.61. The third-order valence-electron chi connectivity index (χ3n) is 3.80. The van der Waals surface area contributed by atoms with Crippen molar-refractivity contribution in [2.45, 2.75) is 13.8 Å². The first-order valence-corrected chi connectivity index (χ1v) is 7.36. The van der Waals surface area contributed by atoms with Gasteiger partial charge in [0.25, 0.3) is 5.91 Å². The van der Waals surface area contributed by atoms with Gasteiger partial charge in [-0.1, -0.05) is 29.4 Å². The molecule has 1 aromatic heterocycles. The molecule has 0 saturated heterocycles. The number of anilines is 1. The number of amides is 1. The lowest BCUT2D eigenvalue weighted by molar-refractivity contribution is 0.0602. The quantitative estimate of drug-likeness (QED) is 0.746. The Hall–Kier alpha value is -3.15. The van der Waals surface area contributed by atoms with Crippen LogP contribution in [-0.4, -0.2) is 24.1 Å². The van der Waals surface area contributed by atoms with Crippen LogP contribution >= 0.6 is 0 Å². The molecule has 0 spiro atoms. The van der Waals surface area contributed by atoms with Crippen molar-refractivity contribution in [3.63, 3.8) is 0 Å². The van der Waals surface area contributed by atoms with Crippen molar-refractivity contribution in [3.8, 4) is 0 Å². The van der Waals surface area contributed by atoms with E-state index in [0.29, 0.717) is 22.7 Å². The molecule has 3 aromatic rings. The topological polar surface area (TPSA) is 81.4 Å². The van der Waals surface area contributed by atoms with Gasteiger partial charge in [-0.3, -0.25) is 4.79 Å². The molecular formula is C18H16N2O4. The van der Waals surface area contributed by atoms with E-state index in [1.54, 1.807) is 26.0 Å². The molecule has 24 heavy (non-hydrogen) atoms. The van der Waals surface area contributed by atoms with Crippen molar-refractivity contribution in [1.82, 2.24) is 5.16 Å². The molecule has 6 heteroatoms. The van der Waals surface area contributed by atoms with Crippen LogP contribution in [0, 0.1) is 13.8 Å². The summed E-state index contributed by atoms with van der Waals surface area (Å²) in [6.07, 6.45) is 0. The Morgan fingerprint density at radius 1 is 1.12 bits per heavy atom. The van der Waals surface area contributed by atoms with Crippen LogP contribution in [0.2, 0.25) is 0 Å². The van der Waals surface area contributed by atoms with E-state index in [0.717, 1.165) is 10.8 Å². The summed E-state index contributed by atoms with van der Waals surface area (Å²) < 4.78 is 9.85. The van der Waals surface area contributed by atoms with Crippen LogP contribution in [-0.2, 0) is 4.74 Å². The van der Waals surface area contributed by atoms with Crippen LogP contribution in [0.25, 0.3) is 10.8 Å². The molecule has 1 amide bonds. The molecule has 2 aromatic carbocycles. The van der Waals surface area contributed by atoms with E-state index in [9.17, 15) is 9.59 Å². The first-order valence-electron chi connectivity index (χ1n) is 7.36. The molecule has 0 saturated carbocycles. The van der Waals surface area contributed by atoms with Gasteiger partial charge in [-0.25, -0.2) is 4.79 Å². The van der Waals surface area contributed by atoms with Crippen LogP contribution in [0.5, 0.6) is 0 Å². The van der Waals surface area contributed by atoms with Crippen molar-refractivity contribution >= 4 is 28.3 Å². The largest absolute Gasteiger partial charge is 0.465 e. The van der Waals surface area contributed by atoms with Gasteiger partial charge in [0, 0.05) is 0 Å². The summed E-state index contributed by atoms with van der Waals surface area (Å²) in [5, 5.41) is 8.32. The summed E-state index contributed by atoms with van der Waals surface area (Å²) in [6, 6.07) is 11.0. The number of ether oxygens (including phenoxy) is 1. The van der Waals surface area contributed by atoms with Crippen LogP contribution in [0.1, 0.15) is 32.2 Å². The van der Waals surface area contributed by atoms with Gasteiger partial charge in [0.05, 0.1) is 24.1 Å². The zero-order valence-electron chi connectivity index (χ0n) is 13.5. The third-order valence-corrected chi connectivity index (χ3v) is 3.80. The Balaban J connectivity index is 2.07. The third kappa shape index (κ3) is 2.74. The first-order chi connectivity index (χ1) is 11.5. The van der Waals surface area contributed by atoms with Crippen LogP contribution in [0.4, 0.5) is 5.69 Å². The lowest BCUT2D eigenvalue weighted by atomic mass is 10.0. The zero-order valence-corrected chi connectivity index (χ0v) is 13.5. The molecule has 0 unspecified atom stereocenters. The maximum Gasteiger partial charge on any atom is 0.339 e. The van der Waals surface area contributed by atoms with Gasteiger partial charge in [0.2, 0.25) is 0 Å². The molecule has 1 heterocycles. The first kappa shape index (κ1) is 15.7. The minimum Gasteiger partial charge on any atom is -0.465 e. The number of nitrogens with one attached hydrogen (secondary N) is 1. The molecule has 122 valence electrons. The number of esters is 1. The average molecular weight is 324 g/mol. The second-order valence-electron chi connectivity index (χ2n) is 5.39. The highest BCUT2D eigenvalue weighted by atomic mass is 16.5. The zero-order chi connectivity index (χ0) is 17.3.